The predicted octanol–water partition coefficient (Wildman–Crippen LogP) is 6.76. The molecule has 0 saturated carbocycles. The van der Waals surface area contributed by atoms with E-state index < -0.39 is 9.84 Å². The van der Waals surface area contributed by atoms with Crippen molar-refractivity contribution in [2.75, 3.05) is 36.5 Å². The number of hydrogen-bond acceptors (Lipinski definition) is 10. The summed E-state index contributed by atoms with van der Waals surface area (Å²) in [6.07, 6.45) is 1.18. The Bertz CT molecular complexity index is 1900. The van der Waals surface area contributed by atoms with Gasteiger partial charge in [0.2, 0.25) is 5.95 Å². The highest BCUT2D eigenvalue weighted by Crippen LogP contribution is 2.35. The van der Waals surface area contributed by atoms with Gasteiger partial charge >= 0.3 is 0 Å². The van der Waals surface area contributed by atoms with E-state index in [0.717, 1.165) is 27.9 Å². The summed E-state index contributed by atoms with van der Waals surface area (Å²) in [4.78, 5) is 9.95. The molecule has 0 fully saturated rings. The van der Waals surface area contributed by atoms with Gasteiger partial charge in [-0.3, -0.25) is 5.43 Å². The molecule has 3 N–H and O–H groups in total. The van der Waals surface area contributed by atoms with Gasteiger partial charge in [0.05, 0.1) is 30.4 Å². The van der Waals surface area contributed by atoms with Crippen LogP contribution in [0.4, 0.5) is 23.3 Å². The van der Waals surface area contributed by atoms with Crippen LogP contribution < -0.4 is 25.5 Å². The third kappa shape index (κ3) is 7.76. The highest BCUT2D eigenvalue weighted by molar-refractivity contribution is 7.90. The van der Waals surface area contributed by atoms with Crippen LogP contribution in [-0.4, -0.2) is 44.6 Å². The Balaban J connectivity index is 1.55. The van der Waals surface area contributed by atoms with Gasteiger partial charge in [0.1, 0.15) is 5.82 Å². The quantitative estimate of drug-likeness (QED) is 0.102. The van der Waals surface area contributed by atoms with Gasteiger partial charge in [0.25, 0.3) is 0 Å². The van der Waals surface area contributed by atoms with Gasteiger partial charge in [-0.1, -0.05) is 66.7 Å². The van der Waals surface area contributed by atoms with Crippen LogP contribution in [0.3, 0.4) is 0 Å². The van der Waals surface area contributed by atoms with Crippen molar-refractivity contribution < 1.29 is 17.9 Å². The maximum absolute atomic E-state index is 11.9. The second kappa shape index (κ2) is 13.9. The second-order valence-corrected chi connectivity index (χ2v) is 12.1. The lowest BCUT2D eigenvalue weighted by molar-refractivity contribution is 0.354. The summed E-state index contributed by atoms with van der Waals surface area (Å²) in [5.41, 5.74) is 7.95. The minimum Gasteiger partial charge on any atom is -0.493 e. The molecule has 0 aliphatic carbocycles. The van der Waals surface area contributed by atoms with E-state index in [4.69, 9.17) is 19.4 Å². The van der Waals surface area contributed by atoms with Crippen LogP contribution in [0.15, 0.2) is 113 Å². The van der Waals surface area contributed by atoms with Crippen LogP contribution in [0.2, 0.25) is 0 Å². The van der Waals surface area contributed by atoms with E-state index in [9.17, 15) is 8.42 Å². The van der Waals surface area contributed by atoms with Gasteiger partial charge in [-0.2, -0.15) is 15.1 Å². The molecule has 45 heavy (non-hydrogen) atoms. The molecule has 0 spiro atoms. The Morgan fingerprint density at radius 2 is 1.44 bits per heavy atom. The monoisotopic (exact) mass is 622 g/mol. The third-order valence-corrected chi connectivity index (χ3v) is 8.07. The zero-order valence-corrected chi connectivity index (χ0v) is 26.2. The number of aromatic nitrogens is 2. The van der Waals surface area contributed by atoms with E-state index in [0.29, 0.717) is 41.3 Å². The molecule has 0 radical (unpaired) electrons. The first-order valence-corrected chi connectivity index (χ1v) is 16.0. The van der Waals surface area contributed by atoms with Gasteiger partial charge in [0, 0.05) is 18.5 Å². The van der Waals surface area contributed by atoms with E-state index in [1.807, 2.05) is 85.8 Å². The molecule has 0 atom stereocenters. The predicted molar refractivity (Wildman–Crippen MR) is 179 cm³/mol. The number of sulfone groups is 1. The zero-order valence-electron chi connectivity index (χ0n) is 25.4. The smallest absolute Gasteiger partial charge is 0.231 e. The van der Waals surface area contributed by atoms with Gasteiger partial charge in [0.15, 0.2) is 27.2 Å². The van der Waals surface area contributed by atoms with Crippen LogP contribution in [0.5, 0.6) is 11.5 Å². The summed E-state index contributed by atoms with van der Waals surface area (Å²) in [7, 11) is -0.0942. The summed E-state index contributed by atoms with van der Waals surface area (Å²) in [6, 6.07) is 31.8. The molecule has 0 amide bonds. The number of nitrogens with zero attached hydrogens (tertiary/aromatic N) is 3. The number of anilines is 4. The molecule has 1 aromatic heterocycles. The van der Waals surface area contributed by atoms with Crippen LogP contribution >= 0.6 is 0 Å². The first kappa shape index (κ1) is 31.0. The fraction of sp³-hybridized carbons (Fsp3) is 0.147. The number of hydrazone groups is 1. The second-order valence-electron chi connectivity index (χ2n) is 10.1. The maximum Gasteiger partial charge on any atom is 0.231 e. The van der Waals surface area contributed by atoms with Crippen LogP contribution in [0.25, 0.3) is 11.1 Å². The number of benzene rings is 4. The average molecular weight is 623 g/mol. The molecule has 11 heteroatoms. The van der Waals surface area contributed by atoms with E-state index in [2.05, 4.69) is 21.2 Å². The van der Waals surface area contributed by atoms with Crippen molar-refractivity contribution in [3.8, 4) is 22.6 Å². The number of hydrogen-bond donors (Lipinski definition) is 3. The Kier molecular flexibility index (Phi) is 9.59. The summed E-state index contributed by atoms with van der Waals surface area (Å²) < 4.78 is 34.7. The molecule has 5 aromatic rings. The molecule has 4 aromatic carbocycles. The highest BCUT2D eigenvalue weighted by atomic mass is 32.2. The topological polar surface area (TPSA) is 127 Å². The van der Waals surface area contributed by atoms with Crippen molar-refractivity contribution in [3.63, 3.8) is 0 Å². The molecule has 230 valence electrons. The molecular formula is C34H34N6O4S. The van der Waals surface area contributed by atoms with Gasteiger partial charge in [-0.25, -0.2) is 8.42 Å². The fourth-order valence-corrected chi connectivity index (χ4v) is 5.21. The molecule has 0 aliphatic heterocycles. The lowest BCUT2D eigenvalue weighted by atomic mass is 10.1. The summed E-state index contributed by atoms with van der Waals surface area (Å²) >= 11 is 0. The molecule has 0 saturated heterocycles. The zero-order chi connectivity index (χ0) is 31.8. The van der Waals surface area contributed by atoms with Crippen molar-refractivity contribution in [1.29, 1.82) is 0 Å². The van der Waals surface area contributed by atoms with Crippen molar-refractivity contribution in [2.24, 2.45) is 5.10 Å². The summed E-state index contributed by atoms with van der Waals surface area (Å²) in [5.74, 6) is 2.69. The van der Waals surface area contributed by atoms with Gasteiger partial charge < -0.3 is 20.1 Å². The van der Waals surface area contributed by atoms with E-state index in [1.165, 1.54) is 6.26 Å². The Hall–Kier alpha value is -5.42. The summed E-state index contributed by atoms with van der Waals surface area (Å²) in [6.45, 7) is 2.28. The number of rotatable bonds is 12. The summed E-state index contributed by atoms with van der Waals surface area (Å²) in [5, 5.41) is 11.4. The fourth-order valence-electron chi connectivity index (χ4n) is 4.58. The molecule has 5 rings (SSSR count). The lowest BCUT2D eigenvalue weighted by Gasteiger charge is -2.18. The molecular weight excluding hydrogens is 588 g/mol. The Labute approximate surface area is 263 Å². The first-order valence-electron chi connectivity index (χ1n) is 14.1. The van der Waals surface area contributed by atoms with Crippen molar-refractivity contribution in [3.05, 3.63) is 114 Å². The van der Waals surface area contributed by atoms with E-state index in [1.54, 1.807) is 38.5 Å². The minimum absolute atomic E-state index is 0.246. The Morgan fingerprint density at radius 3 is 2.09 bits per heavy atom. The van der Waals surface area contributed by atoms with Gasteiger partial charge in [-0.15, -0.1) is 0 Å². The van der Waals surface area contributed by atoms with Crippen molar-refractivity contribution in [1.82, 2.24) is 9.97 Å². The third-order valence-electron chi connectivity index (χ3n) is 6.94. The highest BCUT2D eigenvalue weighted by Gasteiger charge is 2.18. The van der Waals surface area contributed by atoms with Crippen LogP contribution in [0, 0.1) is 0 Å². The minimum atomic E-state index is -3.31. The van der Waals surface area contributed by atoms with Crippen LogP contribution in [-0.2, 0) is 16.4 Å². The molecule has 0 bridgehead atoms. The maximum atomic E-state index is 11.9. The van der Waals surface area contributed by atoms with Gasteiger partial charge in [-0.05, 0) is 60.0 Å². The van der Waals surface area contributed by atoms with Crippen molar-refractivity contribution >= 4 is 38.8 Å². The largest absolute Gasteiger partial charge is 0.493 e. The number of para-hydroxylation sites is 1. The molecule has 1 heterocycles. The standard InChI is InChI=1S/C34H34N6O4S/c1-23(25-16-18-28(19-17-25)45(4,41)42)39-40-33-31(26-11-7-5-8-12-26)32(37-34(38-33)36-27-13-9-6-10-14-27)35-22-24-15-20-29(43-2)30(21-24)44-3/h5-21H,22H2,1-4H3,(H3,35,36,37,38,40). The molecule has 0 unspecified atom stereocenters. The lowest BCUT2D eigenvalue weighted by Crippen LogP contribution is -2.10. The normalized spacial score (nSPS) is 11.5. The average Bonchev–Trinajstić information content (AvgIpc) is 3.06. The molecule has 0 aliphatic rings. The number of methoxy groups -OCH3 is 2. The van der Waals surface area contributed by atoms with Crippen molar-refractivity contribution in [2.45, 2.75) is 18.4 Å². The number of ether oxygens (including phenoxy) is 2. The van der Waals surface area contributed by atoms with E-state index in [-0.39, 0.29) is 4.90 Å². The Morgan fingerprint density at radius 1 is 0.800 bits per heavy atom. The molecule has 10 nitrogen and oxygen atoms in total. The first-order chi connectivity index (χ1) is 21.7. The SMILES string of the molecule is COc1ccc(CNc2nc(Nc3ccccc3)nc(NN=C(C)c3ccc(S(C)(=O)=O)cc3)c2-c2ccccc2)cc1OC. The van der Waals surface area contributed by atoms with Crippen LogP contribution in [0.1, 0.15) is 18.1 Å². The van der Waals surface area contributed by atoms with E-state index >= 15 is 0 Å². The number of nitrogens with one attached hydrogen (secondary N) is 3.